The maximum atomic E-state index is 13.7. The molecule has 10 heteroatoms. The Morgan fingerprint density at radius 2 is 1.87 bits per heavy atom. The van der Waals surface area contributed by atoms with Gasteiger partial charge in [-0.15, -0.1) is 0 Å². The minimum absolute atomic E-state index is 0.0408. The van der Waals surface area contributed by atoms with E-state index in [9.17, 15) is 17.6 Å². The number of hydrogen-bond acceptors (Lipinski definition) is 6. The van der Waals surface area contributed by atoms with E-state index in [1.807, 2.05) is 0 Å². The van der Waals surface area contributed by atoms with Crippen LogP contribution in [-0.4, -0.2) is 40.2 Å². The fourth-order valence-electron chi connectivity index (χ4n) is 3.36. The lowest BCUT2D eigenvalue weighted by Gasteiger charge is -2.40. The van der Waals surface area contributed by atoms with Crippen molar-refractivity contribution in [2.24, 2.45) is 5.14 Å². The molecule has 0 aliphatic carbocycles. The molecule has 1 heterocycles. The minimum Gasteiger partial charge on any atom is -0.496 e. The summed E-state index contributed by atoms with van der Waals surface area (Å²) in [6.07, 6.45) is 0.262. The van der Waals surface area contributed by atoms with Crippen LogP contribution in [0.2, 0.25) is 0 Å². The first kappa shape index (κ1) is 21.8. The monoisotopic (exact) mass is 438 g/mol. The number of carbonyl (C=O) groups excluding carboxylic acids is 1. The topological polar surface area (TPSA) is 117 Å². The summed E-state index contributed by atoms with van der Waals surface area (Å²) in [5.41, 5.74) is -0.271. The minimum atomic E-state index is -4.03. The third-order valence-electron chi connectivity index (χ3n) is 5.00. The average Bonchev–Trinajstić information content (AvgIpc) is 2.66. The Morgan fingerprint density at radius 1 is 1.20 bits per heavy atom. The first-order chi connectivity index (χ1) is 14.0. The fourth-order valence-corrected chi connectivity index (χ4v) is 4.09. The van der Waals surface area contributed by atoms with E-state index in [0.29, 0.717) is 11.3 Å². The summed E-state index contributed by atoms with van der Waals surface area (Å²) in [5, 5.41) is 8.12. The van der Waals surface area contributed by atoms with Crippen molar-refractivity contribution < 1.29 is 31.8 Å². The van der Waals surface area contributed by atoms with Crippen molar-refractivity contribution in [3.63, 3.8) is 0 Å². The van der Waals surface area contributed by atoms with E-state index in [-0.39, 0.29) is 28.4 Å². The molecular formula is C20H23FN2O6S. The number of nitrogens with one attached hydrogen (secondary N) is 1. The van der Waals surface area contributed by atoms with E-state index in [1.54, 1.807) is 13.8 Å². The molecule has 1 aliphatic rings. The molecule has 2 aromatic carbocycles. The van der Waals surface area contributed by atoms with Crippen LogP contribution in [0.1, 0.15) is 29.8 Å². The van der Waals surface area contributed by atoms with Gasteiger partial charge in [-0.05, 0) is 43.7 Å². The van der Waals surface area contributed by atoms with E-state index in [1.165, 1.54) is 38.5 Å². The smallest absolute Gasteiger partial charge is 0.255 e. The van der Waals surface area contributed by atoms with E-state index < -0.39 is 33.4 Å². The highest BCUT2D eigenvalue weighted by molar-refractivity contribution is 7.89. The zero-order valence-corrected chi connectivity index (χ0v) is 17.8. The number of ether oxygens (including phenoxy) is 3. The van der Waals surface area contributed by atoms with Crippen molar-refractivity contribution in [2.45, 2.75) is 36.8 Å². The summed E-state index contributed by atoms with van der Waals surface area (Å²) >= 11 is 0. The molecule has 0 aromatic heterocycles. The van der Waals surface area contributed by atoms with Crippen LogP contribution < -0.4 is 24.7 Å². The number of carbonyl (C=O) groups is 1. The molecule has 1 aliphatic heterocycles. The van der Waals surface area contributed by atoms with Crippen LogP contribution in [0.3, 0.4) is 0 Å². The van der Waals surface area contributed by atoms with Gasteiger partial charge in [0.25, 0.3) is 5.91 Å². The number of hydrogen-bond donors (Lipinski definition) is 2. The molecule has 0 saturated carbocycles. The van der Waals surface area contributed by atoms with Gasteiger partial charge in [-0.25, -0.2) is 17.9 Å². The number of rotatable bonds is 5. The maximum absolute atomic E-state index is 13.7. The molecule has 0 spiro atoms. The van der Waals surface area contributed by atoms with Crippen LogP contribution in [0, 0.1) is 5.82 Å². The lowest BCUT2D eigenvalue weighted by atomic mass is 9.88. The summed E-state index contributed by atoms with van der Waals surface area (Å²) in [7, 11) is -1.31. The number of amides is 1. The SMILES string of the molecule is COc1ccc(F)cc1C(=O)NC1Cc2cc(S(N)(=O)=O)c(OC)cc2OC1(C)C. The van der Waals surface area contributed by atoms with Crippen molar-refractivity contribution in [2.75, 3.05) is 14.2 Å². The van der Waals surface area contributed by atoms with Crippen molar-refractivity contribution >= 4 is 15.9 Å². The van der Waals surface area contributed by atoms with E-state index >= 15 is 0 Å². The van der Waals surface area contributed by atoms with Gasteiger partial charge in [-0.3, -0.25) is 4.79 Å². The molecule has 1 atom stereocenters. The number of fused-ring (bicyclic) bond motifs is 1. The van der Waals surface area contributed by atoms with Gasteiger partial charge in [0.2, 0.25) is 10.0 Å². The highest BCUT2D eigenvalue weighted by atomic mass is 32.2. The zero-order valence-electron chi connectivity index (χ0n) is 17.0. The fraction of sp³-hybridized carbons (Fsp3) is 0.350. The normalized spacial score (nSPS) is 17.5. The number of nitrogens with two attached hydrogens (primary N) is 1. The van der Waals surface area contributed by atoms with Crippen LogP contribution in [0.4, 0.5) is 4.39 Å². The molecule has 3 N–H and O–H groups in total. The van der Waals surface area contributed by atoms with Gasteiger partial charge < -0.3 is 19.5 Å². The second kappa shape index (κ2) is 7.77. The quantitative estimate of drug-likeness (QED) is 0.738. The molecule has 0 fully saturated rings. The molecule has 30 heavy (non-hydrogen) atoms. The predicted molar refractivity (Wildman–Crippen MR) is 107 cm³/mol. The van der Waals surface area contributed by atoms with Gasteiger partial charge in [-0.2, -0.15) is 0 Å². The molecule has 3 rings (SSSR count). The Bertz CT molecular complexity index is 1100. The molecule has 2 aromatic rings. The van der Waals surface area contributed by atoms with E-state index in [0.717, 1.165) is 6.07 Å². The number of halogens is 1. The number of methoxy groups -OCH3 is 2. The van der Waals surface area contributed by atoms with Crippen molar-refractivity contribution in [1.29, 1.82) is 0 Å². The number of sulfonamides is 1. The van der Waals surface area contributed by atoms with Gasteiger partial charge in [0, 0.05) is 12.5 Å². The first-order valence-electron chi connectivity index (χ1n) is 9.03. The highest BCUT2D eigenvalue weighted by Crippen LogP contribution is 2.39. The van der Waals surface area contributed by atoms with E-state index in [2.05, 4.69) is 5.32 Å². The molecule has 8 nitrogen and oxygen atoms in total. The number of primary sulfonamides is 1. The summed E-state index contributed by atoms with van der Waals surface area (Å²) in [6, 6.07) is 5.94. The molecule has 1 amide bonds. The Morgan fingerprint density at radius 3 is 2.47 bits per heavy atom. The number of benzene rings is 2. The lowest BCUT2D eigenvalue weighted by molar-refractivity contribution is 0.0435. The van der Waals surface area contributed by atoms with Crippen LogP contribution in [-0.2, 0) is 16.4 Å². The maximum Gasteiger partial charge on any atom is 0.255 e. The van der Waals surface area contributed by atoms with Gasteiger partial charge in [0.05, 0.1) is 25.8 Å². The van der Waals surface area contributed by atoms with Crippen molar-refractivity contribution in [1.82, 2.24) is 5.32 Å². The Kier molecular flexibility index (Phi) is 5.66. The van der Waals surface area contributed by atoms with Gasteiger partial charge >= 0.3 is 0 Å². The van der Waals surface area contributed by atoms with Crippen molar-refractivity contribution in [3.05, 3.63) is 47.3 Å². The van der Waals surface area contributed by atoms with Gasteiger partial charge in [0.1, 0.15) is 33.6 Å². The van der Waals surface area contributed by atoms with Crippen LogP contribution in [0.25, 0.3) is 0 Å². The molecular weight excluding hydrogens is 415 g/mol. The largest absolute Gasteiger partial charge is 0.496 e. The third-order valence-corrected chi connectivity index (χ3v) is 5.93. The lowest BCUT2D eigenvalue weighted by Crippen LogP contribution is -2.55. The van der Waals surface area contributed by atoms with Crippen molar-refractivity contribution in [3.8, 4) is 17.2 Å². The van der Waals surface area contributed by atoms with Crippen LogP contribution >= 0.6 is 0 Å². The Balaban J connectivity index is 1.96. The summed E-state index contributed by atoms with van der Waals surface area (Å²) in [5.74, 6) is -0.394. The second-order valence-electron chi connectivity index (χ2n) is 7.44. The molecule has 162 valence electrons. The standard InChI is InChI=1S/C20H23FN2O6S/c1-20(2)18(23-19(24)13-9-12(21)5-6-14(13)27-3)8-11-7-17(30(22,25)26)16(28-4)10-15(11)29-20/h5-7,9-10,18H,8H2,1-4H3,(H,23,24)(H2,22,25,26). The third kappa shape index (κ3) is 4.19. The molecule has 0 bridgehead atoms. The van der Waals surface area contributed by atoms with Crippen LogP contribution in [0.15, 0.2) is 35.2 Å². The second-order valence-corrected chi connectivity index (χ2v) is 8.97. The highest BCUT2D eigenvalue weighted by Gasteiger charge is 2.39. The Labute approximate surface area is 174 Å². The summed E-state index contributed by atoms with van der Waals surface area (Å²) < 4.78 is 53.8. The average molecular weight is 438 g/mol. The summed E-state index contributed by atoms with van der Waals surface area (Å²) in [6.45, 7) is 3.56. The predicted octanol–water partition coefficient (Wildman–Crippen LogP) is 2.00. The van der Waals surface area contributed by atoms with Gasteiger partial charge in [-0.1, -0.05) is 0 Å². The molecule has 0 radical (unpaired) electrons. The Hall–Kier alpha value is -2.85. The first-order valence-corrected chi connectivity index (χ1v) is 10.6. The van der Waals surface area contributed by atoms with Crippen LogP contribution in [0.5, 0.6) is 17.2 Å². The molecule has 1 unspecified atom stereocenters. The zero-order chi connectivity index (χ0) is 22.3. The summed E-state index contributed by atoms with van der Waals surface area (Å²) in [4.78, 5) is 12.6. The van der Waals surface area contributed by atoms with E-state index in [4.69, 9.17) is 19.3 Å². The van der Waals surface area contributed by atoms with Gasteiger partial charge in [0.15, 0.2) is 0 Å². The molecule has 0 saturated heterocycles.